The molecule has 1 saturated heterocycles. The summed E-state index contributed by atoms with van der Waals surface area (Å²) in [5.74, 6) is -2.46. The van der Waals surface area contributed by atoms with E-state index in [0.29, 0.717) is 18.5 Å². The molecule has 2 heterocycles. The topological polar surface area (TPSA) is 62.3 Å². The van der Waals surface area contributed by atoms with Crippen molar-refractivity contribution in [2.45, 2.75) is 12.5 Å². The third-order valence-electron chi connectivity index (χ3n) is 4.49. The van der Waals surface area contributed by atoms with Crippen molar-refractivity contribution in [1.82, 2.24) is 10.3 Å². The largest absolute Gasteiger partial charge is 0.318 e. The van der Waals surface area contributed by atoms with Crippen molar-refractivity contribution in [2.75, 3.05) is 31.8 Å². The number of amides is 1. The second-order valence-corrected chi connectivity index (χ2v) is 9.73. The summed E-state index contributed by atoms with van der Waals surface area (Å²) >= 11 is 0. The van der Waals surface area contributed by atoms with Crippen LogP contribution in [0.3, 0.4) is 0 Å². The number of anilines is 1. The highest BCUT2D eigenvalue weighted by molar-refractivity contribution is 7.70. The third-order valence-corrected chi connectivity index (χ3v) is 5.87. The van der Waals surface area contributed by atoms with Crippen LogP contribution < -0.4 is 15.7 Å². The van der Waals surface area contributed by atoms with Crippen molar-refractivity contribution in [2.24, 2.45) is 0 Å². The van der Waals surface area contributed by atoms with Gasteiger partial charge < -0.3 is 14.8 Å². The van der Waals surface area contributed by atoms with E-state index in [4.69, 9.17) is 0 Å². The van der Waals surface area contributed by atoms with Crippen molar-refractivity contribution in [3.63, 3.8) is 0 Å². The average molecular weight is 379 g/mol. The number of pyridine rings is 1. The van der Waals surface area contributed by atoms with Crippen LogP contribution in [0.15, 0.2) is 30.5 Å². The highest BCUT2D eigenvalue weighted by Gasteiger charge is 2.34. The SMILES string of the molecule is CNC1CCN(c2ccc(-c3cccnc3P(C)(C)=O)c(F)c2F)C1=O. The van der Waals surface area contributed by atoms with Crippen molar-refractivity contribution < 1.29 is 18.1 Å². The van der Waals surface area contributed by atoms with E-state index in [1.54, 1.807) is 19.2 Å². The molecule has 138 valence electrons. The number of nitrogens with one attached hydrogen (secondary N) is 1. The number of halogens is 2. The fourth-order valence-corrected chi connectivity index (χ4v) is 4.30. The van der Waals surface area contributed by atoms with E-state index in [-0.39, 0.29) is 22.6 Å². The average Bonchev–Trinajstić information content (AvgIpc) is 2.97. The number of rotatable bonds is 4. The van der Waals surface area contributed by atoms with Gasteiger partial charge in [-0.2, -0.15) is 0 Å². The lowest BCUT2D eigenvalue weighted by Crippen LogP contribution is -2.36. The summed E-state index contributed by atoms with van der Waals surface area (Å²) in [5.41, 5.74) is 0.439. The number of carbonyl (C=O) groups excluding carboxylic acids is 1. The van der Waals surface area contributed by atoms with E-state index in [1.807, 2.05) is 0 Å². The molecule has 0 saturated carbocycles. The molecule has 5 nitrogen and oxygen atoms in total. The van der Waals surface area contributed by atoms with Gasteiger partial charge in [-0.05, 0) is 45.0 Å². The molecule has 1 unspecified atom stereocenters. The molecular formula is C18H20F2N3O2P. The van der Waals surface area contributed by atoms with Crippen LogP contribution in [0.5, 0.6) is 0 Å². The maximum atomic E-state index is 14.8. The van der Waals surface area contributed by atoms with Crippen LogP contribution in [0.4, 0.5) is 14.5 Å². The first-order valence-electron chi connectivity index (χ1n) is 8.23. The zero-order valence-corrected chi connectivity index (χ0v) is 15.7. The molecule has 1 aromatic carbocycles. The number of carbonyl (C=O) groups is 1. The van der Waals surface area contributed by atoms with Crippen LogP contribution >= 0.6 is 7.14 Å². The molecule has 1 aromatic heterocycles. The molecule has 3 rings (SSSR count). The summed E-state index contributed by atoms with van der Waals surface area (Å²) in [4.78, 5) is 17.6. The van der Waals surface area contributed by atoms with Gasteiger partial charge in [-0.25, -0.2) is 8.78 Å². The molecule has 1 aliphatic rings. The minimum absolute atomic E-state index is 0.0184. The lowest BCUT2D eigenvalue weighted by Gasteiger charge is -2.19. The molecule has 0 spiro atoms. The quantitative estimate of drug-likeness (QED) is 0.830. The Kier molecular flexibility index (Phi) is 4.95. The van der Waals surface area contributed by atoms with E-state index < -0.39 is 24.8 Å². The van der Waals surface area contributed by atoms with Crippen molar-refractivity contribution >= 4 is 24.2 Å². The van der Waals surface area contributed by atoms with Gasteiger partial charge in [-0.3, -0.25) is 9.78 Å². The third kappa shape index (κ3) is 3.17. The zero-order valence-electron chi connectivity index (χ0n) is 14.8. The second-order valence-electron chi connectivity index (χ2n) is 6.61. The molecule has 0 aliphatic carbocycles. The van der Waals surface area contributed by atoms with Crippen LogP contribution in [-0.2, 0) is 9.36 Å². The lowest BCUT2D eigenvalue weighted by molar-refractivity contribution is -0.118. The minimum Gasteiger partial charge on any atom is -0.318 e. The van der Waals surface area contributed by atoms with Gasteiger partial charge in [0.1, 0.15) is 12.6 Å². The molecule has 1 N–H and O–H groups in total. The van der Waals surface area contributed by atoms with Crippen LogP contribution in [0.2, 0.25) is 0 Å². The molecule has 1 amide bonds. The number of nitrogens with zero attached hydrogens (tertiary/aromatic N) is 2. The van der Waals surface area contributed by atoms with Crippen LogP contribution in [0, 0.1) is 11.6 Å². The second kappa shape index (κ2) is 6.89. The zero-order chi connectivity index (χ0) is 19.1. The summed E-state index contributed by atoms with van der Waals surface area (Å²) in [5, 5.41) is 2.86. The van der Waals surface area contributed by atoms with Gasteiger partial charge in [0, 0.05) is 23.9 Å². The number of likely N-dealkylation sites (N-methyl/N-ethyl adjacent to an activating group) is 1. The van der Waals surface area contributed by atoms with Gasteiger partial charge in [0.05, 0.1) is 11.7 Å². The Labute approximate surface area is 150 Å². The van der Waals surface area contributed by atoms with E-state index >= 15 is 0 Å². The molecule has 1 fully saturated rings. The Morgan fingerprint density at radius 1 is 1.19 bits per heavy atom. The van der Waals surface area contributed by atoms with Gasteiger partial charge in [0.25, 0.3) is 0 Å². The summed E-state index contributed by atoms with van der Waals surface area (Å²) in [7, 11) is -1.13. The lowest BCUT2D eigenvalue weighted by atomic mass is 10.1. The molecule has 2 aromatic rings. The van der Waals surface area contributed by atoms with E-state index in [9.17, 15) is 18.1 Å². The molecule has 26 heavy (non-hydrogen) atoms. The molecule has 0 radical (unpaired) electrons. The van der Waals surface area contributed by atoms with Crippen LogP contribution in [0.1, 0.15) is 6.42 Å². The number of benzene rings is 1. The van der Waals surface area contributed by atoms with E-state index in [1.165, 1.54) is 36.6 Å². The van der Waals surface area contributed by atoms with Crippen molar-refractivity contribution in [3.05, 3.63) is 42.1 Å². The highest BCUT2D eigenvalue weighted by Crippen LogP contribution is 2.39. The monoisotopic (exact) mass is 379 g/mol. The first-order valence-corrected chi connectivity index (χ1v) is 10.8. The summed E-state index contributed by atoms with van der Waals surface area (Å²) in [6.07, 6.45) is 2.00. The standard InChI is InChI=1S/C18H20F2N3O2P/c1-21-13-8-10-23(18(13)24)14-7-6-11(15(19)16(14)20)12-5-4-9-22-17(12)26(2,3)25/h4-7,9,13,21H,8,10H2,1-3H3. The first-order chi connectivity index (χ1) is 12.3. The number of aromatic nitrogens is 1. The summed E-state index contributed by atoms with van der Waals surface area (Å²) < 4.78 is 42.0. The minimum atomic E-state index is -2.78. The molecule has 0 bridgehead atoms. The Bertz CT molecular complexity index is 913. The maximum Gasteiger partial charge on any atom is 0.244 e. The van der Waals surface area contributed by atoms with Gasteiger partial charge in [-0.1, -0.05) is 6.07 Å². The van der Waals surface area contributed by atoms with Crippen molar-refractivity contribution in [3.8, 4) is 11.1 Å². The summed E-state index contributed by atoms with van der Waals surface area (Å²) in [6.45, 7) is 3.38. The first kappa shape index (κ1) is 18.7. The molecule has 8 heteroatoms. The Balaban J connectivity index is 2.08. The van der Waals surface area contributed by atoms with E-state index in [0.717, 1.165) is 0 Å². The van der Waals surface area contributed by atoms with Crippen LogP contribution in [-0.4, -0.2) is 43.9 Å². The van der Waals surface area contributed by atoms with Gasteiger partial charge in [0.15, 0.2) is 11.6 Å². The number of hydrogen-bond donors (Lipinski definition) is 1. The van der Waals surface area contributed by atoms with Crippen molar-refractivity contribution in [1.29, 1.82) is 0 Å². The number of hydrogen-bond acceptors (Lipinski definition) is 4. The molecule has 1 aliphatic heterocycles. The summed E-state index contributed by atoms with van der Waals surface area (Å²) in [6, 6.07) is 5.55. The van der Waals surface area contributed by atoms with Crippen LogP contribution in [0.25, 0.3) is 11.1 Å². The predicted octanol–water partition coefficient (Wildman–Crippen LogP) is 2.60. The fraction of sp³-hybridized carbons (Fsp3) is 0.333. The smallest absolute Gasteiger partial charge is 0.244 e. The Morgan fingerprint density at radius 2 is 1.92 bits per heavy atom. The van der Waals surface area contributed by atoms with E-state index in [2.05, 4.69) is 10.3 Å². The maximum absolute atomic E-state index is 14.8. The molecule has 1 atom stereocenters. The predicted molar refractivity (Wildman–Crippen MR) is 98.5 cm³/mol. The van der Waals surface area contributed by atoms with Gasteiger partial charge >= 0.3 is 0 Å². The highest BCUT2D eigenvalue weighted by atomic mass is 31.2. The Morgan fingerprint density at radius 3 is 2.54 bits per heavy atom. The molecular weight excluding hydrogens is 359 g/mol. The fourth-order valence-electron chi connectivity index (χ4n) is 3.18. The normalized spacial score (nSPS) is 17.8. The van der Waals surface area contributed by atoms with Gasteiger partial charge in [0.2, 0.25) is 5.91 Å². The Hall–Kier alpha value is -2.11. The van der Waals surface area contributed by atoms with Gasteiger partial charge in [-0.15, -0.1) is 0 Å².